The summed E-state index contributed by atoms with van der Waals surface area (Å²) in [5, 5.41) is 9.58. The summed E-state index contributed by atoms with van der Waals surface area (Å²) in [6, 6.07) is 12.0. The van der Waals surface area contributed by atoms with Gasteiger partial charge in [0.25, 0.3) is 5.91 Å². The molecule has 1 N–H and O–H groups in total. The van der Waals surface area contributed by atoms with E-state index in [0.717, 1.165) is 28.0 Å². The minimum Gasteiger partial charge on any atom is -0.352 e. The first-order valence-corrected chi connectivity index (χ1v) is 9.36. The van der Waals surface area contributed by atoms with Crippen LogP contribution in [-0.2, 0) is 6.42 Å². The van der Waals surface area contributed by atoms with Crippen molar-refractivity contribution in [2.24, 2.45) is 0 Å². The van der Waals surface area contributed by atoms with Crippen molar-refractivity contribution < 1.29 is 4.79 Å². The standard InChI is InChI=1S/C18H18BrN3OS/c1-12-17(18(23)20-10-9-16-4-3-11-24-16)13(2)22(21-12)15-7-5-14(19)6-8-15/h3-8,11H,9-10H2,1-2H3,(H,20,23). The van der Waals surface area contributed by atoms with E-state index >= 15 is 0 Å². The van der Waals surface area contributed by atoms with Crippen LogP contribution < -0.4 is 5.32 Å². The normalized spacial score (nSPS) is 10.8. The van der Waals surface area contributed by atoms with Gasteiger partial charge in [0.05, 0.1) is 22.6 Å². The molecule has 0 radical (unpaired) electrons. The Morgan fingerprint density at radius 1 is 1.25 bits per heavy atom. The van der Waals surface area contributed by atoms with Crippen LogP contribution >= 0.6 is 27.3 Å². The summed E-state index contributed by atoms with van der Waals surface area (Å²) in [5.74, 6) is -0.0649. The lowest BCUT2D eigenvalue weighted by Crippen LogP contribution is -2.26. The second-order valence-electron chi connectivity index (χ2n) is 5.52. The third-order valence-corrected chi connectivity index (χ3v) is 5.29. The Labute approximate surface area is 153 Å². The molecule has 0 aliphatic carbocycles. The van der Waals surface area contributed by atoms with Gasteiger partial charge in [0, 0.05) is 15.9 Å². The van der Waals surface area contributed by atoms with Crippen LogP contribution in [0.2, 0.25) is 0 Å². The van der Waals surface area contributed by atoms with E-state index in [1.165, 1.54) is 4.88 Å². The molecule has 0 saturated carbocycles. The molecule has 0 fully saturated rings. The Morgan fingerprint density at radius 2 is 2.00 bits per heavy atom. The van der Waals surface area contributed by atoms with Crippen molar-refractivity contribution in [2.75, 3.05) is 6.54 Å². The molecule has 1 amide bonds. The van der Waals surface area contributed by atoms with Gasteiger partial charge in [-0.3, -0.25) is 4.79 Å². The molecule has 0 aliphatic rings. The number of benzene rings is 1. The zero-order chi connectivity index (χ0) is 17.1. The van der Waals surface area contributed by atoms with Crippen molar-refractivity contribution in [1.82, 2.24) is 15.1 Å². The van der Waals surface area contributed by atoms with E-state index in [9.17, 15) is 4.79 Å². The Morgan fingerprint density at radius 3 is 2.67 bits per heavy atom. The van der Waals surface area contributed by atoms with Crippen molar-refractivity contribution >= 4 is 33.2 Å². The lowest BCUT2D eigenvalue weighted by molar-refractivity contribution is 0.0953. The summed E-state index contributed by atoms with van der Waals surface area (Å²) in [6.07, 6.45) is 0.850. The molecular weight excluding hydrogens is 386 g/mol. The Balaban J connectivity index is 1.75. The Hall–Kier alpha value is -1.92. The molecule has 0 atom stereocenters. The van der Waals surface area contributed by atoms with E-state index in [1.807, 2.05) is 54.2 Å². The van der Waals surface area contributed by atoms with Crippen molar-refractivity contribution in [3.8, 4) is 5.69 Å². The molecule has 2 aromatic heterocycles. The number of rotatable bonds is 5. The van der Waals surface area contributed by atoms with Crippen molar-refractivity contribution in [1.29, 1.82) is 0 Å². The lowest BCUT2D eigenvalue weighted by atomic mass is 10.2. The quantitative estimate of drug-likeness (QED) is 0.690. The van der Waals surface area contributed by atoms with Crippen LogP contribution in [-0.4, -0.2) is 22.2 Å². The summed E-state index contributed by atoms with van der Waals surface area (Å²) in [7, 11) is 0. The highest BCUT2D eigenvalue weighted by Crippen LogP contribution is 2.20. The summed E-state index contributed by atoms with van der Waals surface area (Å²) in [5.41, 5.74) is 3.19. The maximum absolute atomic E-state index is 12.5. The fourth-order valence-corrected chi connectivity index (χ4v) is 3.62. The van der Waals surface area contributed by atoms with Gasteiger partial charge in [0.1, 0.15) is 0 Å². The van der Waals surface area contributed by atoms with E-state index in [2.05, 4.69) is 32.4 Å². The van der Waals surface area contributed by atoms with Gasteiger partial charge in [-0.05, 0) is 56.0 Å². The molecule has 3 aromatic rings. The first kappa shape index (κ1) is 16.9. The molecule has 0 unspecified atom stereocenters. The molecule has 6 heteroatoms. The van der Waals surface area contributed by atoms with E-state index in [-0.39, 0.29) is 5.91 Å². The number of carbonyl (C=O) groups excluding carboxylic acids is 1. The highest BCUT2D eigenvalue weighted by Gasteiger charge is 2.19. The maximum Gasteiger partial charge on any atom is 0.255 e. The van der Waals surface area contributed by atoms with Gasteiger partial charge in [-0.15, -0.1) is 11.3 Å². The third-order valence-electron chi connectivity index (χ3n) is 3.83. The molecule has 1 aromatic carbocycles. The zero-order valence-corrected chi connectivity index (χ0v) is 15.9. The summed E-state index contributed by atoms with van der Waals surface area (Å²) in [6.45, 7) is 4.43. The predicted octanol–water partition coefficient (Wildman–Crippen LogP) is 4.29. The van der Waals surface area contributed by atoms with Gasteiger partial charge in [0.2, 0.25) is 0 Å². The van der Waals surface area contributed by atoms with E-state index in [4.69, 9.17) is 0 Å². The first-order valence-electron chi connectivity index (χ1n) is 7.69. The number of carbonyl (C=O) groups is 1. The number of halogens is 1. The smallest absolute Gasteiger partial charge is 0.255 e. The summed E-state index contributed by atoms with van der Waals surface area (Å²) in [4.78, 5) is 13.8. The topological polar surface area (TPSA) is 46.9 Å². The summed E-state index contributed by atoms with van der Waals surface area (Å²) < 4.78 is 2.83. The van der Waals surface area contributed by atoms with E-state index < -0.39 is 0 Å². The minimum absolute atomic E-state index is 0.0649. The second kappa shape index (κ2) is 7.32. The number of aryl methyl sites for hydroxylation is 1. The highest BCUT2D eigenvalue weighted by molar-refractivity contribution is 9.10. The Kier molecular flexibility index (Phi) is 5.16. The Bertz CT molecular complexity index is 838. The molecule has 0 bridgehead atoms. The van der Waals surface area contributed by atoms with Crippen LogP contribution in [0.5, 0.6) is 0 Å². The summed E-state index contributed by atoms with van der Waals surface area (Å²) >= 11 is 5.14. The van der Waals surface area contributed by atoms with Crippen LogP contribution in [0.1, 0.15) is 26.6 Å². The van der Waals surface area contributed by atoms with Gasteiger partial charge in [-0.2, -0.15) is 5.10 Å². The number of amides is 1. The van der Waals surface area contributed by atoms with Gasteiger partial charge in [-0.1, -0.05) is 22.0 Å². The van der Waals surface area contributed by atoms with Crippen molar-refractivity contribution in [3.05, 3.63) is 68.1 Å². The molecule has 124 valence electrons. The second-order valence-corrected chi connectivity index (χ2v) is 7.47. The zero-order valence-electron chi connectivity index (χ0n) is 13.5. The van der Waals surface area contributed by atoms with Crippen LogP contribution in [0.25, 0.3) is 5.69 Å². The average Bonchev–Trinajstić information content (AvgIpc) is 3.16. The fraction of sp³-hybridized carbons (Fsp3) is 0.222. The highest BCUT2D eigenvalue weighted by atomic mass is 79.9. The van der Waals surface area contributed by atoms with Crippen LogP contribution in [0.3, 0.4) is 0 Å². The monoisotopic (exact) mass is 403 g/mol. The lowest BCUT2D eigenvalue weighted by Gasteiger charge is -2.07. The van der Waals surface area contributed by atoms with Gasteiger partial charge in [0.15, 0.2) is 0 Å². The number of aromatic nitrogens is 2. The van der Waals surface area contributed by atoms with Crippen molar-refractivity contribution in [3.63, 3.8) is 0 Å². The minimum atomic E-state index is -0.0649. The van der Waals surface area contributed by atoms with Gasteiger partial charge in [-0.25, -0.2) is 4.68 Å². The van der Waals surface area contributed by atoms with E-state index in [0.29, 0.717) is 12.1 Å². The van der Waals surface area contributed by atoms with Crippen LogP contribution in [0, 0.1) is 13.8 Å². The average molecular weight is 404 g/mol. The third kappa shape index (κ3) is 3.60. The molecule has 2 heterocycles. The molecule has 0 aliphatic heterocycles. The maximum atomic E-state index is 12.5. The molecule has 0 spiro atoms. The van der Waals surface area contributed by atoms with Gasteiger partial charge < -0.3 is 5.32 Å². The molecule has 24 heavy (non-hydrogen) atoms. The molecule has 4 nitrogen and oxygen atoms in total. The van der Waals surface area contributed by atoms with Crippen LogP contribution in [0.15, 0.2) is 46.3 Å². The molecular formula is C18H18BrN3OS. The predicted molar refractivity (Wildman–Crippen MR) is 101 cm³/mol. The fourth-order valence-electron chi connectivity index (χ4n) is 2.65. The SMILES string of the molecule is Cc1nn(-c2ccc(Br)cc2)c(C)c1C(=O)NCCc1cccs1. The number of hydrogen-bond acceptors (Lipinski definition) is 3. The molecule has 3 rings (SSSR count). The van der Waals surface area contributed by atoms with E-state index in [1.54, 1.807) is 11.3 Å². The number of nitrogens with one attached hydrogen (secondary N) is 1. The van der Waals surface area contributed by atoms with Gasteiger partial charge >= 0.3 is 0 Å². The largest absolute Gasteiger partial charge is 0.352 e. The number of nitrogens with zero attached hydrogens (tertiary/aromatic N) is 2. The number of thiophene rings is 1. The number of hydrogen-bond donors (Lipinski definition) is 1. The van der Waals surface area contributed by atoms with Crippen molar-refractivity contribution in [2.45, 2.75) is 20.3 Å². The first-order chi connectivity index (χ1) is 11.6. The molecule has 0 saturated heterocycles. The van der Waals surface area contributed by atoms with Crippen LogP contribution in [0.4, 0.5) is 0 Å².